The minimum atomic E-state index is 0.248. The number of allylic oxidation sites excluding steroid dienone is 1. The molecule has 2 rings (SSSR count). The summed E-state index contributed by atoms with van der Waals surface area (Å²) in [7, 11) is 0. The van der Waals surface area contributed by atoms with Gasteiger partial charge in [0.25, 0.3) is 0 Å². The monoisotopic (exact) mass is 317 g/mol. The molecule has 0 aliphatic carbocycles. The Kier molecular flexibility index (Phi) is 7.21. The summed E-state index contributed by atoms with van der Waals surface area (Å²) >= 11 is 0. The number of nitrogens with zero attached hydrogens (tertiary/aromatic N) is 3. The fourth-order valence-corrected chi connectivity index (χ4v) is 3.13. The summed E-state index contributed by atoms with van der Waals surface area (Å²) in [6.45, 7) is 11.7. The third-order valence-corrected chi connectivity index (χ3v) is 4.35. The Morgan fingerprint density at radius 3 is 2.87 bits per heavy atom. The minimum absolute atomic E-state index is 0.248. The molecule has 0 aromatic carbocycles. The van der Waals surface area contributed by atoms with Crippen LogP contribution in [0.4, 0.5) is 0 Å². The lowest BCUT2D eigenvalue weighted by molar-refractivity contribution is 0.0586. The van der Waals surface area contributed by atoms with Crippen molar-refractivity contribution in [1.82, 2.24) is 14.8 Å². The van der Waals surface area contributed by atoms with E-state index in [-0.39, 0.29) is 6.61 Å². The van der Waals surface area contributed by atoms with E-state index in [1.54, 1.807) is 0 Å². The number of aliphatic hydroxyl groups excluding tert-OH is 1. The third-order valence-electron chi connectivity index (χ3n) is 4.35. The maximum Gasteiger partial charge on any atom is 0.0547 e. The molecule has 1 unspecified atom stereocenters. The highest BCUT2D eigenvalue weighted by atomic mass is 16.3. The van der Waals surface area contributed by atoms with Gasteiger partial charge in [-0.05, 0) is 31.4 Å². The fourth-order valence-electron chi connectivity index (χ4n) is 3.13. The van der Waals surface area contributed by atoms with Gasteiger partial charge in [-0.25, -0.2) is 0 Å². The number of pyridine rings is 1. The number of piperazine rings is 1. The van der Waals surface area contributed by atoms with E-state index in [0.29, 0.717) is 12.0 Å². The Bertz CT molecular complexity index is 501. The summed E-state index contributed by atoms with van der Waals surface area (Å²) in [4.78, 5) is 9.58. The Morgan fingerprint density at radius 1 is 1.35 bits per heavy atom. The second-order valence-corrected chi connectivity index (χ2v) is 6.84. The Hall–Kier alpha value is -1.23. The Morgan fingerprint density at radius 2 is 2.17 bits per heavy atom. The maximum atomic E-state index is 9.41. The number of rotatable bonds is 7. The first kappa shape index (κ1) is 18.1. The first-order chi connectivity index (χ1) is 11.1. The SMILES string of the molecule is Cc1cccc(CN2CCN(C/C=C/C(C)C)CC2CCO)n1. The average molecular weight is 317 g/mol. The van der Waals surface area contributed by atoms with Crippen LogP contribution in [0.25, 0.3) is 0 Å². The van der Waals surface area contributed by atoms with Crippen LogP contribution < -0.4 is 0 Å². The van der Waals surface area contributed by atoms with Crippen molar-refractivity contribution in [1.29, 1.82) is 0 Å². The molecule has 1 N–H and O–H groups in total. The van der Waals surface area contributed by atoms with Crippen molar-refractivity contribution in [3.63, 3.8) is 0 Å². The smallest absolute Gasteiger partial charge is 0.0547 e. The van der Waals surface area contributed by atoms with E-state index < -0.39 is 0 Å². The lowest BCUT2D eigenvalue weighted by atomic mass is 10.1. The van der Waals surface area contributed by atoms with Crippen LogP contribution in [-0.4, -0.2) is 58.7 Å². The molecule has 1 fully saturated rings. The lowest BCUT2D eigenvalue weighted by Crippen LogP contribution is -2.53. The normalized spacial score (nSPS) is 20.7. The van der Waals surface area contributed by atoms with Crippen molar-refractivity contribution >= 4 is 0 Å². The number of aromatic nitrogens is 1. The maximum absolute atomic E-state index is 9.41. The van der Waals surface area contributed by atoms with E-state index >= 15 is 0 Å². The van der Waals surface area contributed by atoms with E-state index in [4.69, 9.17) is 0 Å². The minimum Gasteiger partial charge on any atom is -0.396 e. The molecule has 0 bridgehead atoms. The lowest BCUT2D eigenvalue weighted by Gasteiger charge is -2.41. The van der Waals surface area contributed by atoms with Crippen LogP contribution in [0.15, 0.2) is 30.4 Å². The molecule has 4 nitrogen and oxygen atoms in total. The highest BCUT2D eigenvalue weighted by molar-refractivity contribution is 5.10. The van der Waals surface area contributed by atoms with E-state index in [1.807, 2.05) is 13.0 Å². The van der Waals surface area contributed by atoms with Gasteiger partial charge in [0.1, 0.15) is 0 Å². The highest BCUT2D eigenvalue weighted by Crippen LogP contribution is 2.16. The number of hydrogen-bond acceptors (Lipinski definition) is 4. The molecule has 4 heteroatoms. The summed E-state index contributed by atoms with van der Waals surface area (Å²) in [6, 6.07) is 6.61. The molecule has 1 aromatic heterocycles. The van der Waals surface area contributed by atoms with Gasteiger partial charge in [-0.1, -0.05) is 32.1 Å². The highest BCUT2D eigenvalue weighted by Gasteiger charge is 2.26. The van der Waals surface area contributed by atoms with Crippen molar-refractivity contribution in [2.45, 2.75) is 39.8 Å². The first-order valence-electron chi connectivity index (χ1n) is 8.75. The van der Waals surface area contributed by atoms with Crippen molar-refractivity contribution in [3.8, 4) is 0 Å². The second kappa shape index (κ2) is 9.16. The Balaban J connectivity index is 1.93. The van der Waals surface area contributed by atoms with Gasteiger partial charge < -0.3 is 5.11 Å². The van der Waals surface area contributed by atoms with Gasteiger partial charge in [0.05, 0.1) is 5.69 Å². The zero-order valence-electron chi connectivity index (χ0n) is 14.8. The summed E-state index contributed by atoms with van der Waals surface area (Å²) in [6.07, 6.45) is 5.37. The molecule has 1 aliphatic rings. The van der Waals surface area contributed by atoms with E-state index in [9.17, 15) is 5.11 Å². The molecule has 0 spiro atoms. The molecule has 0 saturated carbocycles. The van der Waals surface area contributed by atoms with Gasteiger partial charge in [-0.15, -0.1) is 0 Å². The van der Waals surface area contributed by atoms with Crippen molar-refractivity contribution in [3.05, 3.63) is 41.7 Å². The molecule has 1 aromatic rings. The average Bonchev–Trinajstić information content (AvgIpc) is 2.50. The van der Waals surface area contributed by atoms with Crippen molar-refractivity contribution in [2.75, 3.05) is 32.8 Å². The summed E-state index contributed by atoms with van der Waals surface area (Å²) in [5.41, 5.74) is 2.19. The molecule has 128 valence electrons. The first-order valence-corrected chi connectivity index (χ1v) is 8.75. The van der Waals surface area contributed by atoms with Crippen LogP contribution in [0.3, 0.4) is 0 Å². The largest absolute Gasteiger partial charge is 0.396 e. The van der Waals surface area contributed by atoms with Crippen molar-refractivity contribution in [2.24, 2.45) is 5.92 Å². The molecule has 2 heterocycles. The topological polar surface area (TPSA) is 39.6 Å². The quantitative estimate of drug-likeness (QED) is 0.784. The Labute approximate surface area is 140 Å². The molecule has 1 aliphatic heterocycles. The molecule has 1 saturated heterocycles. The molecular weight excluding hydrogens is 286 g/mol. The standard InChI is InChI=1S/C19H31N3O/c1-16(2)6-5-10-21-11-12-22(19(15-21)9-13-23)14-18-8-4-7-17(3)20-18/h4-8,16,19,23H,9-15H2,1-3H3/b6-5+. The third kappa shape index (κ3) is 6.05. The molecule has 1 atom stereocenters. The predicted octanol–water partition coefficient (Wildman–Crippen LogP) is 2.47. The van der Waals surface area contributed by atoms with E-state index in [1.165, 1.54) is 0 Å². The van der Waals surface area contributed by atoms with E-state index in [0.717, 1.165) is 50.5 Å². The number of hydrogen-bond donors (Lipinski definition) is 1. The van der Waals surface area contributed by atoms with Crippen molar-refractivity contribution < 1.29 is 5.11 Å². The predicted molar refractivity (Wildman–Crippen MR) is 95.3 cm³/mol. The zero-order valence-corrected chi connectivity index (χ0v) is 14.8. The summed E-state index contributed by atoms with van der Waals surface area (Å²) in [5, 5.41) is 9.41. The van der Waals surface area contributed by atoms with Gasteiger partial charge in [-0.2, -0.15) is 0 Å². The zero-order chi connectivity index (χ0) is 16.7. The fraction of sp³-hybridized carbons (Fsp3) is 0.632. The van der Waals surface area contributed by atoms with Gasteiger partial charge in [0, 0.05) is 51.1 Å². The van der Waals surface area contributed by atoms with Gasteiger partial charge in [-0.3, -0.25) is 14.8 Å². The van der Waals surface area contributed by atoms with Crippen LogP contribution in [0.5, 0.6) is 0 Å². The molecule has 0 radical (unpaired) electrons. The van der Waals surface area contributed by atoms with Gasteiger partial charge in [0.15, 0.2) is 0 Å². The second-order valence-electron chi connectivity index (χ2n) is 6.84. The molecule has 0 amide bonds. The number of aliphatic hydroxyl groups is 1. The summed E-state index contributed by atoms with van der Waals surface area (Å²) < 4.78 is 0. The van der Waals surface area contributed by atoms with Gasteiger partial charge in [0.2, 0.25) is 0 Å². The van der Waals surface area contributed by atoms with Crippen LogP contribution in [0.1, 0.15) is 31.7 Å². The molecular formula is C19H31N3O. The van der Waals surface area contributed by atoms with Gasteiger partial charge >= 0.3 is 0 Å². The number of aryl methyl sites for hydroxylation is 1. The van der Waals surface area contributed by atoms with E-state index in [2.05, 4.69) is 52.9 Å². The van der Waals surface area contributed by atoms with Crippen LogP contribution in [0.2, 0.25) is 0 Å². The van der Waals surface area contributed by atoms with Crippen LogP contribution in [0, 0.1) is 12.8 Å². The molecule has 23 heavy (non-hydrogen) atoms. The van der Waals surface area contributed by atoms with Crippen LogP contribution >= 0.6 is 0 Å². The summed E-state index contributed by atoms with van der Waals surface area (Å²) in [5.74, 6) is 0.608. The van der Waals surface area contributed by atoms with Crippen LogP contribution in [-0.2, 0) is 6.54 Å².